The van der Waals surface area contributed by atoms with Gasteiger partial charge in [0.2, 0.25) is 0 Å². The maximum Gasteiger partial charge on any atom is 0.123 e. The predicted molar refractivity (Wildman–Crippen MR) is 66.9 cm³/mol. The lowest BCUT2D eigenvalue weighted by Gasteiger charge is -2.22. The average Bonchev–Trinajstić information content (AvgIpc) is 2.14. The van der Waals surface area contributed by atoms with Crippen LogP contribution in [0.4, 0.5) is 0 Å². The topological polar surface area (TPSA) is 35.2 Å². The molecule has 0 aliphatic rings. The first kappa shape index (κ1) is 14.3. The minimum absolute atomic E-state index is 0. The lowest BCUT2D eigenvalue weighted by atomic mass is 9.86. The SMILES string of the molecule is CC(C)(C)c1ccccc1OCCN.Cl. The number of hydrogen-bond donors (Lipinski definition) is 1. The molecule has 15 heavy (non-hydrogen) atoms. The summed E-state index contributed by atoms with van der Waals surface area (Å²) in [5.74, 6) is 0.949. The van der Waals surface area contributed by atoms with Crippen molar-refractivity contribution in [3.8, 4) is 5.75 Å². The van der Waals surface area contributed by atoms with Gasteiger partial charge in [-0.25, -0.2) is 0 Å². The molecule has 2 N–H and O–H groups in total. The summed E-state index contributed by atoms with van der Waals surface area (Å²) in [5.41, 5.74) is 6.76. The molecule has 0 heterocycles. The number of rotatable bonds is 3. The summed E-state index contributed by atoms with van der Waals surface area (Å²) in [4.78, 5) is 0. The first-order valence-corrected chi connectivity index (χ1v) is 4.98. The van der Waals surface area contributed by atoms with Gasteiger partial charge < -0.3 is 10.5 Å². The van der Waals surface area contributed by atoms with Gasteiger partial charge in [0.15, 0.2) is 0 Å². The summed E-state index contributed by atoms with van der Waals surface area (Å²) in [5, 5.41) is 0. The zero-order chi connectivity index (χ0) is 10.6. The Bertz CT molecular complexity index is 294. The number of hydrogen-bond acceptors (Lipinski definition) is 2. The lowest BCUT2D eigenvalue weighted by molar-refractivity contribution is 0.319. The molecule has 0 amide bonds. The summed E-state index contributed by atoms with van der Waals surface area (Å²) in [6.45, 7) is 7.67. The second-order valence-electron chi connectivity index (χ2n) is 4.38. The fraction of sp³-hybridized carbons (Fsp3) is 0.500. The Morgan fingerprint density at radius 3 is 2.33 bits per heavy atom. The average molecular weight is 230 g/mol. The van der Waals surface area contributed by atoms with Gasteiger partial charge in [-0.15, -0.1) is 12.4 Å². The Morgan fingerprint density at radius 1 is 1.20 bits per heavy atom. The maximum absolute atomic E-state index is 5.59. The fourth-order valence-corrected chi connectivity index (χ4v) is 1.38. The van der Waals surface area contributed by atoms with Gasteiger partial charge in [0.25, 0.3) is 0 Å². The number of halogens is 1. The third-order valence-corrected chi connectivity index (χ3v) is 2.07. The van der Waals surface area contributed by atoms with Crippen molar-refractivity contribution in [2.24, 2.45) is 5.73 Å². The van der Waals surface area contributed by atoms with E-state index >= 15 is 0 Å². The minimum atomic E-state index is 0. The van der Waals surface area contributed by atoms with Crippen LogP contribution in [0.25, 0.3) is 0 Å². The van der Waals surface area contributed by atoms with Crippen LogP contribution in [0.5, 0.6) is 5.75 Å². The van der Waals surface area contributed by atoms with E-state index < -0.39 is 0 Å². The Hall–Kier alpha value is -0.730. The standard InChI is InChI=1S/C12H19NO.ClH/c1-12(2,3)10-6-4-5-7-11(10)14-9-8-13;/h4-7H,8-9,13H2,1-3H3;1H. The van der Waals surface area contributed by atoms with Gasteiger partial charge in [0, 0.05) is 6.54 Å². The molecule has 1 rings (SSSR count). The van der Waals surface area contributed by atoms with Crippen LogP contribution in [0, 0.1) is 0 Å². The monoisotopic (exact) mass is 229 g/mol. The van der Waals surface area contributed by atoms with Crippen molar-refractivity contribution in [2.75, 3.05) is 13.2 Å². The second-order valence-corrected chi connectivity index (χ2v) is 4.38. The van der Waals surface area contributed by atoms with E-state index in [1.54, 1.807) is 0 Å². The molecule has 0 aliphatic carbocycles. The maximum atomic E-state index is 5.59. The summed E-state index contributed by atoms with van der Waals surface area (Å²) in [6, 6.07) is 8.12. The zero-order valence-electron chi connectivity index (χ0n) is 9.62. The van der Waals surface area contributed by atoms with E-state index in [-0.39, 0.29) is 17.8 Å². The number of benzene rings is 1. The van der Waals surface area contributed by atoms with Crippen LogP contribution in [-0.4, -0.2) is 13.2 Å². The van der Waals surface area contributed by atoms with Crippen LogP contribution in [0.3, 0.4) is 0 Å². The Morgan fingerprint density at radius 2 is 1.80 bits per heavy atom. The molecule has 0 saturated carbocycles. The third kappa shape index (κ3) is 4.10. The van der Waals surface area contributed by atoms with Gasteiger partial charge in [0.1, 0.15) is 12.4 Å². The van der Waals surface area contributed by atoms with Gasteiger partial charge in [-0.3, -0.25) is 0 Å². The fourth-order valence-electron chi connectivity index (χ4n) is 1.38. The van der Waals surface area contributed by atoms with Gasteiger partial charge in [-0.05, 0) is 17.0 Å². The van der Waals surface area contributed by atoms with Crippen LogP contribution >= 0.6 is 12.4 Å². The van der Waals surface area contributed by atoms with Crippen molar-refractivity contribution in [3.05, 3.63) is 29.8 Å². The van der Waals surface area contributed by atoms with Crippen LogP contribution in [-0.2, 0) is 5.41 Å². The van der Waals surface area contributed by atoms with Gasteiger partial charge in [0.05, 0.1) is 0 Å². The molecule has 3 heteroatoms. The predicted octanol–water partition coefficient (Wildman–Crippen LogP) is 2.74. The van der Waals surface area contributed by atoms with Gasteiger partial charge in [-0.2, -0.15) is 0 Å². The summed E-state index contributed by atoms with van der Waals surface area (Å²) >= 11 is 0. The molecule has 2 nitrogen and oxygen atoms in total. The Labute approximate surface area is 98.2 Å². The summed E-state index contributed by atoms with van der Waals surface area (Å²) < 4.78 is 5.59. The highest BCUT2D eigenvalue weighted by Crippen LogP contribution is 2.30. The number of nitrogens with two attached hydrogens (primary N) is 1. The van der Waals surface area contributed by atoms with Crippen LogP contribution in [0.1, 0.15) is 26.3 Å². The highest BCUT2D eigenvalue weighted by Gasteiger charge is 2.17. The molecule has 0 unspecified atom stereocenters. The first-order valence-electron chi connectivity index (χ1n) is 4.98. The highest BCUT2D eigenvalue weighted by molar-refractivity contribution is 5.85. The van der Waals surface area contributed by atoms with Crippen molar-refractivity contribution >= 4 is 12.4 Å². The van der Waals surface area contributed by atoms with E-state index in [0.29, 0.717) is 13.2 Å². The van der Waals surface area contributed by atoms with Crippen LogP contribution in [0.15, 0.2) is 24.3 Å². The molecule has 1 aromatic carbocycles. The molecule has 1 aromatic rings. The smallest absolute Gasteiger partial charge is 0.123 e. The molecule has 0 aromatic heterocycles. The van der Waals surface area contributed by atoms with Crippen LogP contribution < -0.4 is 10.5 Å². The largest absolute Gasteiger partial charge is 0.492 e. The first-order chi connectivity index (χ1) is 6.55. The molecule has 0 radical (unpaired) electrons. The van der Waals surface area contributed by atoms with Gasteiger partial charge >= 0.3 is 0 Å². The molecule has 0 spiro atoms. The molecule has 0 bridgehead atoms. The summed E-state index contributed by atoms with van der Waals surface area (Å²) in [6.07, 6.45) is 0. The zero-order valence-corrected chi connectivity index (χ0v) is 10.4. The van der Waals surface area contributed by atoms with E-state index in [1.807, 2.05) is 18.2 Å². The van der Waals surface area contributed by atoms with Gasteiger partial charge in [-0.1, -0.05) is 39.0 Å². The van der Waals surface area contributed by atoms with E-state index in [9.17, 15) is 0 Å². The molecule has 86 valence electrons. The molecule has 0 fully saturated rings. The van der Waals surface area contributed by atoms with E-state index in [0.717, 1.165) is 5.75 Å². The van der Waals surface area contributed by atoms with Crippen molar-refractivity contribution in [1.29, 1.82) is 0 Å². The highest BCUT2D eigenvalue weighted by atomic mass is 35.5. The molecule has 0 atom stereocenters. The Balaban J connectivity index is 0.00000196. The molecular weight excluding hydrogens is 210 g/mol. The summed E-state index contributed by atoms with van der Waals surface area (Å²) in [7, 11) is 0. The molecular formula is C12H20ClNO. The van der Waals surface area contributed by atoms with Crippen molar-refractivity contribution in [1.82, 2.24) is 0 Å². The van der Waals surface area contributed by atoms with E-state index in [4.69, 9.17) is 10.5 Å². The number of para-hydroxylation sites is 1. The number of ether oxygens (including phenoxy) is 1. The normalized spacial score (nSPS) is 10.7. The third-order valence-electron chi connectivity index (χ3n) is 2.07. The van der Waals surface area contributed by atoms with Crippen molar-refractivity contribution < 1.29 is 4.74 Å². The van der Waals surface area contributed by atoms with Crippen molar-refractivity contribution in [3.63, 3.8) is 0 Å². The quantitative estimate of drug-likeness (QED) is 0.865. The van der Waals surface area contributed by atoms with Crippen molar-refractivity contribution in [2.45, 2.75) is 26.2 Å². The van der Waals surface area contributed by atoms with E-state index in [2.05, 4.69) is 26.8 Å². The van der Waals surface area contributed by atoms with Crippen LogP contribution in [0.2, 0.25) is 0 Å². The van der Waals surface area contributed by atoms with E-state index in [1.165, 1.54) is 5.56 Å². The Kier molecular flexibility index (Phi) is 5.69. The molecule has 0 saturated heterocycles. The molecule has 0 aliphatic heterocycles. The minimum Gasteiger partial charge on any atom is -0.492 e. The lowest BCUT2D eigenvalue weighted by Crippen LogP contribution is -2.16. The second kappa shape index (κ2) is 5.99.